The summed E-state index contributed by atoms with van der Waals surface area (Å²) in [5.41, 5.74) is 6.93. The lowest BCUT2D eigenvalue weighted by atomic mass is 9.99. The largest absolute Gasteiger partial charge is 0.319 e. The lowest BCUT2D eigenvalue weighted by molar-refractivity contribution is 0.441. The average molecular weight is 209 g/mol. The molecule has 1 aromatic heterocycles. The van der Waals surface area contributed by atoms with E-state index in [0.29, 0.717) is 11.4 Å². The van der Waals surface area contributed by atoms with Crippen LogP contribution in [0.3, 0.4) is 0 Å². The summed E-state index contributed by atoms with van der Waals surface area (Å²) < 4.78 is 0. The summed E-state index contributed by atoms with van der Waals surface area (Å²) in [6, 6.07) is 0. The predicted octanol–water partition coefficient (Wildman–Crippen LogP) is 1.22. The Morgan fingerprint density at radius 2 is 2.07 bits per heavy atom. The van der Waals surface area contributed by atoms with Gasteiger partial charge in [-0.25, -0.2) is 4.98 Å². The van der Waals surface area contributed by atoms with Gasteiger partial charge in [0.2, 0.25) is 0 Å². The minimum absolute atomic E-state index is 0.0815. The van der Waals surface area contributed by atoms with Crippen LogP contribution in [-0.2, 0) is 12.0 Å². The number of hydrogen-bond donors (Lipinski definition) is 2. The SMILES string of the molecule is CCc1nc([C@@](C)(N)CC)[nH]c(=O)c1C. The van der Waals surface area contributed by atoms with Gasteiger partial charge < -0.3 is 10.7 Å². The fourth-order valence-electron chi connectivity index (χ4n) is 1.36. The van der Waals surface area contributed by atoms with E-state index in [0.717, 1.165) is 18.5 Å². The summed E-state index contributed by atoms with van der Waals surface area (Å²) in [6.07, 6.45) is 1.49. The van der Waals surface area contributed by atoms with Crippen LogP contribution in [-0.4, -0.2) is 9.97 Å². The number of hydrogen-bond acceptors (Lipinski definition) is 3. The molecule has 0 spiro atoms. The van der Waals surface area contributed by atoms with E-state index in [1.54, 1.807) is 6.92 Å². The number of rotatable bonds is 3. The van der Waals surface area contributed by atoms with Crippen molar-refractivity contribution in [2.45, 2.75) is 46.1 Å². The Balaban J connectivity index is 3.35. The molecular weight excluding hydrogens is 190 g/mol. The molecule has 1 heterocycles. The van der Waals surface area contributed by atoms with Crippen LogP contribution in [0.5, 0.6) is 0 Å². The van der Waals surface area contributed by atoms with E-state index in [4.69, 9.17) is 5.73 Å². The standard InChI is InChI=1S/C11H19N3O/c1-5-8-7(3)9(15)14-10(13-8)11(4,12)6-2/h5-6,12H2,1-4H3,(H,13,14,15)/t11-/m0/s1. The third-order valence-electron chi connectivity index (χ3n) is 2.86. The summed E-state index contributed by atoms with van der Waals surface area (Å²) in [6.45, 7) is 7.62. The van der Waals surface area contributed by atoms with E-state index >= 15 is 0 Å². The van der Waals surface area contributed by atoms with Gasteiger partial charge in [-0.2, -0.15) is 0 Å². The molecule has 15 heavy (non-hydrogen) atoms. The number of aryl methyl sites for hydroxylation is 1. The summed E-state index contributed by atoms with van der Waals surface area (Å²) in [4.78, 5) is 18.8. The maximum absolute atomic E-state index is 11.6. The van der Waals surface area contributed by atoms with Crippen molar-refractivity contribution in [2.75, 3.05) is 0 Å². The van der Waals surface area contributed by atoms with Gasteiger partial charge in [0, 0.05) is 5.56 Å². The number of H-pyrrole nitrogens is 1. The summed E-state index contributed by atoms with van der Waals surface area (Å²) in [5.74, 6) is 0.581. The van der Waals surface area contributed by atoms with E-state index in [1.165, 1.54) is 0 Å². The molecule has 4 heteroatoms. The molecule has 0 aliphatic heterocycles. The Morgan fingerprint density at radius 3 is 2.53 bits per heavy atom. The normalized spacial score (nSPS) is 15.0. The number of nitrogens with zero attached hydrogens (tertiary/aromatic N) is 1. The zero-order valence-electron chi connectivity index (χ0n) is 9.85. The topological polar surface area (TPSA) is 71.8 Å². The first-order valence-electron chi connectivity index (χ1n) is 5.31. The molecule has 3 N–H and O–H groups in total. The third kappa shape index (κ3) is 2.26. The van der Waals surface area contributed by atoms with E-state index in [2.05, 4.69) is 9.97 Å². The molecule has 1 atom stereocenters. The smallest absolute Gasteiger partial charge is 0.254 e. The van der Waals surface area contributed by atoms with Crippen molar-refractivity contribution in [1.82, 2.24) is 9.97 Å². The van der Waals surface area contributed by atoms with E-state index < -0.39 is 5.54 Å². The molecule has 0 aliphatic rings. The molecule has 0 radical (unpaired) electrons. The lowest BCUT2D eigenvalue weighted by Crippen LogP contribution is -2.37. The third-order valence-corrected chi connectivity index (χ3v) is 2.86. The summed E-state index contributed by atoms with van der Waals surface area (Å²) >= 11 is 0. The fraction of sp³-hybridized carbons (Fsp3) is 0.636. The van der Waals surface area contributed by atoms with Crippen LogP contribution >= 0.6 is 0 Å². The molecule has 0 fully saturated rings. The molecule has 4 nitrogen and oxygen atoms in total. The number of aromatic amines is 1. The first kappa shape index (κ1) is 11.9. The zero-order valence-corrected chi connectivity index (χ0v) is 9.85. The van der Waals surface area contributed by atoms with Crippen molar-refractivity contribution in [3.05, 3.63) is 27.4 Å². The van der Waals surface area contributed by atoms with Gasteiger partial charge in [-0.15, -0.1) is 0 Å². The van der Waals surface area contributed by atoms with Gasteiger partial charge >= 0.3 is 0 Å². The maximum atomic E-state index is 11.6. The van der Waals surface area contributed by atoms with Crippen LogP contribution in [0.4, 0.5) is 0 Å². The Labute approximate surface area is 89.9 Å². The Hall–Kier alpha value is -1.16. The molecule has 0 amide bonds. The first-order chi connectivity index (χ1) is 6.92. The van der Waals surface area contributed by atoms with E-state index in [-0.39, 0.29) is 5.56 Å². The van der Waals surface area contributed by atoms with Gasteiger partial charge in [-0.05, 0) is 26.7 Å². The second-order valence-electron chi connectivity index (χ2n) is 4.11. The molecular formula is C11H19N3O. The van der Waals surface area contributed by atoms with E-state index in [1.807, 2.05) is 20.8 Å². The molecule has 0 saturated heterocycles. The predicted molar refractivity (Wildman–Crippen MR) is 60.8 cm³/mol. The minimum Gasteiger partial charge on any atom is -0.319 e. The quantitative estimate of drug-likeness (QED) is 0.786. The fourth-order valence-corrected chi connectivity index (χ4v) is 1.36. The van der Waals surface area contributed by atoms with Crippen LogP contribution in [0.25, 0.3) is 0 Å². The number of aromatic nitrogens is 2. The van der Waals surface area contributed by atoms with Crippen molar-refractivity contribution in [1.29, 1.82) is 0 Å². The molecule has 0 unspecified atom stereocenters. The van der Waals surface area contributed by atoms with Gasteiger partial charge in [-0.1, -0.05) is 13.8 Å². The molecule has 0 aromatic carbocycles. The highest BCUT2D eigenvalue weighted by molar-refractivity contribution is 5.18. The van der Waals surface area contributed by atoms with E-state index in [9.17, 15) is 4.79 Å². The van der Waals surface area contributed by atoms with Gasteiger partial charge in [0.25, 0.3) is 5.56 Å². The molecule has 0 bridgehead atoms. The van der Waals surface area contributed by atoms with Crippen LogP contribution < -0.4 is 11.3 Å². The van der Waals surface area contributed by atoms with Crippen molar-refractivity contribution < 1.29 is 0 Å². The highest BCUT2D eigenvalue weighted by Crippen LogP contribution is 2.16. The van der Waals surface area contributed by atoms with Crippen LogP contribution in [0.2, 0.25) is 0 Å². The van der Waals surface area contributed by atoms with Crippen LogP contribution in [0.1, 0.15) is 44.3 Å². The highest BCUT2D eigenvalue weighted by Gasteiger charge is 2.22. The zero-order chi connectivity index (χ0) is 11.6. The molecule has 1 aromatic rings. The van der Waals surface area contributed by atoms with Crippen molar-refractivity contribution in [2.24, 2.45) is 5.73 Å². The first-order valence-corrected chi connectivity index (χ1v) is 5.31. The highest BCUT2D eigenvalue weighted by atomic mass is 16.1. The number of nitrogens with two attached hydrogens (primary N) is 1. The van der Waals surface area contributed by atoms with Crippen molar-refractivity contribution in [3.8, 4) is 0 Å². The van der Waals surface area contributed by atoms with Crippen LogP contribution in [0, 0.1) is 6.92 Å². The lowest BCUT2D eigenvalue weighted by Gasteiger charge is -2.22. The second kappa shape index (κ2) is 4.14. The van der Waals surface area contributed by atoms with Crippen molar-refractivity contribution >= 4 is 0 Å². The molecule has 0 aliphatic carbocycles. The molecule has 1 rings (SSSR count). The minimum atomic E-state index is -0.559. The maximum Gasteiger partial charge on any atom is 0.254 e. The Bertz CT molecular complexity index is 407. The monoisotopic (exact) mass is 209 g/mol. The van der Waals surface area contributed by atoms with Gasteiger partial charge in [0.1, 0.15) is 5.82 Å². The number of nitrogens with one attached hydrogen (secondary N) is 1. The molecule has 84 valence electrons. The van der Waals surface area contributed by atoms with Crippen LogP contribution in [0.15, 0.2) is 4.79 Å². The second-order valence-corrected chi connectivity index (χ2v) is 4.11. The van der Waals surface area contributed by atoms with Crippen molar-refractivity contribution in [3.63, 3.8) is 0 Å². The average Bonchev–Trinajstić information content (AvgIpc) is 2.21. The van der Waals surface area contributed by atoms with Gasteiger partial charge in [0.15, 0.2) is 0 Å². The summed E-state index contributed by atoms with van der Waals surface area (Å²) in [7, 11) is 0. The van der Waals surface area contributed by atoms with Gasteiger partial charge in [0.05, 0.1) is 11.2 Å². The van der Waals surface area contributed by atoms with Gasteiger partial charge in [-0.3, -0.25) is 4.79 Å². The molecule has 0 saturated carbocycles. The Morgan fingerprint density at radius 1 is 1.47 bits per heavy atom. The Kier molecular flexibility index (Phi) is 3.29. The summed E-state index contributed by atoms with van der Waals surface area (Å²) in [5, 5.41) is 0.